The van der Waals surface area contributed by atoms with E-state index < -0.39 is 5.97 Å². The number of aromatic nitrogens is 1. The second kappa shape index (κ2) is 10.3. The summed E-state index contributed by atoms with van der Waals surface area (Å²) in [5.41, 5.74) is 4.90. The number of benzene rings is 3. The first-order valence-electron chi connectivity index (χ1n) is 11.6. The van der Waals surface area contributed by atoms with Crippen LogP contribution < -0.4 is 14.4 Å². The fourth-order valence-corrected chi connectivity index (χ4v) is 4.01. The monoisotopic (exact) mass is 466 g/mol. The van der Waals surface area contributed by atoms with E-state index in [4.69, 9.17) is 9.47 Å². The van der Waals surface area contributed by atoms with Crippen molar-refractivity contribution in [2.24, 2.45) is 5.92 Å². The average Bonchev–Trinajstić information content (AvgIpc) is 2.86. The second-order valence-corrected chi connectivity index (χ2v) is 8.54. The van der Waals surface area contributed by atoms with Crippen molar-refractivity contribution in [1.29, 1.82) is 0 Å². The lowest BCUT2D eigenvalue weighted by Crippen LogP contribution is -2.50. The van der Waals surface area contributed by atoms with Crippen molar-refractivity contribution >= 4 is 11.7 Å². The van der Waals surface area contributed by atoms with Crippen LogP contribution in [0.15, 0.2) is 97.1 Å². The van der Waals surface area contributed by atoms with Gasteiger partial charge in [0.05, 0.1) is 5.92 Å². The molecule has 1 saturated heterocycles. The Morgan fingerprint density at radius 2 is 1.49 bits per heavy atom. The largest absolute Gasteiger partial charge is 0.481 e. The molecule has 0 atom stereocenters. The van der Waals surface area contributed by atoms with Gasteiger partial charge in [-0.15, -0.1) is 0 Å². The average molecular weight is 467 g/mol. The lowest BCUT2D eigenvalue weighted by molar-refractivity contribution is -0.142. The van der Waals surface area contributed by atoms with Crippen LogP contribution in [0.2, 0.25) is 0 Å². The van der Waals surface area contributed by atoms with Crippen LogP contribution in [0, 0.1) is 5.92 Å². The first-order chi connectivity index (χ1) is 17.2. The van der Waals surface area contributed by atoms with Crippen LogP contribution in [0.4, 0.5) is 5.69 Å². The molecule has 1 aliphatic heterocycles. The van der Waals surface area contributed by atoms with Gasteiger partial charge in [-0.3, -0.25) is 4.79 Å². The minimum atomic E-state index is -0.746. The summed E-state index contributed by atoms with van der Waals surface area (Å²) >= 11 is 0. The Morgan fingerprint density at radius 1 is 0.829 bits per heavy atom. The molecule has 0 aliphatic carbocycles. The minimum Gasteiger partial charge on any atom is -0.481 e. The Kier molecular flexibility index (Phi) is 6.61. The van der Waals surface area contributed by atoms with Crippen molar-refractivity contribution in [2.75, 3.05) is 18.0 Å². The molecular weight excluding hydrogens is 440 g/mol. The highest BCUT2D eigenvalue weighted by atomic mass is 16.5. The summed E-state index contributed by atoms with van der Waals surface area (Å²) in [4.78, 5) is 17.9. The standard InChI is InChI=1S/C29H26N2O4/c32-29(33)24-17-31(18-24)25-13-7-12-23(16-25)26-14-15-27(34-19-21-8-3-1-4-9-21)30-28(26)35-20-22-10-5-2-6-11-22/h1-16,24H,17-20H2,(H,32,33). The van der Waals surface area contributed by atoms with E-state index in [1.54, 1.807) is 0 Å². The Labute approximate surface area is 204 Å². The van der Waals surface area contributed by atoms with Gasteiger partial charge >= 0.3 is 5.97 Å². The van der Waals surface area contributed by atoms with Crippen molar-refractivity contribution in [3.05, 3.63) is 108 Å². The van der Waals surface area contributed by atoms with Crippen LogP contribution >= 0.6 is 0 Å². The highest BCUT2D eigenvalue weighted by Crippen LogP contribution is 2.35. The molecule has 6 heteroatoms. The second-order valence-electron chi connectivity index (χ2n) is 8.54. The van der Waals surface area contributed by atoms with Crippen molar-refractivity contribution < 1.29 is 19.4 Å². The summed E-state index contributed by atoms with van der Waals surface area (Å²) < 4.78 is 12.1. The Bertz CT molecular complexity index is 1290. The smallest absolute Gasteiger partial charge is 0.310 e. The number of carboxylic acids is 1. The maximum Gasteiger partial charge on any atom is 0.310 e. The Morgan fingerprint density at radius 3 is 2.14 bits per heavy atom. The zero-order valence-corrected chi connectivity index (χ0v) is 19.2. The molecule has 1 aromatic heterocycles. The summed E-state index contributed by atoms with van der Waals surface area (Å²) in [5.74, 6) is -0.0807. The van der Waals surface area contributed by atoms with Gasteiger partial charge in [0.2, 0.25) is 11.8 Å². The van der Waals surface area contributed by atoms with Gasteiger partial charge in [0.25, 0.3) is 0 Å². The van der Waals surface area contributed by atoms with Gasteiger partial charge in [-0.05, 0) is 34.9 Å². The molecule has 0 spiro atoms. The van der Waals surface area contributed by atoms with Crippen LogP contribution in [-0.2, 0) is 18.0 Å². The summed E-state index contributed by atoms with van der Waals surface area (Å²) in [6.07, 6.45) is 0. The number of pyridine rings is 1. The van der Waals surface area contributed by atoms with Crippen molar-refractivity contribution in [2.45, 2.75) is 13.2 Å². The molecule has 176 valence electrons. The summed E-state index contributed by atoms with van der Waals surface area (Å²) in [6.45, 7) is 1.83. The lowest BCUT2D eigenvalue weighted by Gasteiger charge is -2.38. The predicted molar refractivity (Wildman–Crippen MR) is 135 cm³/mol. The van der Waals surface area contributed by atoms with Crippen LogP contribution in [0.5, 0.6) is 11.8 Å². The lowest BCUT2D eigenvalue weighted by atomic mass is 9.98. The van der Waals surface area contributed by atoms with E-state index in [0.29, 0.717) is 38.1 Å². The van der Waals surface area contributed by atoms with Crippen molar-refractivity contribution in [3.8, 4) is 22.9 Å². The number of rotatable bonds is 9. The number of hydrogen-bond acceptors (Lipinski definition) is 5. The maximum absolute atomic E-state index is 11.2. The summed E-state index contributed by atoms with van der Waals surface area (Å²) in [5, 5.41) is 9.20. The highest BCUT2D eigenvalue weighted by Gasteiger charge is 2.32. The first-order valence-corrected chi connectivity index (χ1v) is 11.6. The molecule has 0 unspecified atom stereocenters. The molecule has 1 fully saturated rings. The number of nitrogens with zero attached hydrogens (tertiary/aromatic N) is 2. The van der Waals surface area contributed by atoms with E-state index in [0.717, 1.165) is 27.9 Å². The highest BCUT2D eigenvalue weighted by molar-refractivity contribution is 5.77. The molecule has 0 radical (unpaired) electrons. The minimum absolute atomic E-state index is 0.314. The molecule has 2 heterocycles. The van der Waals surface area contributed by atoms with Gasteiger partial charge in [-0.1, -0.05) is 72.8 Å². The van der Waals surface area contributed by atoms with Gasteiger partial charge in [0.15, 0.2) is 0 Å². The molecule has 4 aromatic rings. The Balaban J connectivity index is 1.39. The first kappa shape index (κ1) is 22.5. The number of ether oxygens (including phenoxy) is 2. The van der Waals surface area contributed by atoms with E-state index in [9.17, 15) is 9.90 Å². The molecule has 1 aliphatic rings. The van der Waals surface area contributed by atoms with E-state index in [1.807, 2.05) is 91.0 Å². The van der Waals surface area contributed by atoms with E-state index in [2.05, 4.69) is 16.0 Å². The third-order valence-electron chi connectivity index (χ3n) is 6.04. The van der Waals surface area contributed by atoms with Gasteiger partial charge in [0, 0.05) is 30.4 Å². The number of anilines is 1. The number of carboxylic acid groups (broad SMARTS) is 1. The molecule has 3 aromatic carbocycles. The van der Waals surface area contributed by atoms with Gasteiger partial charge < -0.3 is 19.5 Å². The SMILES string of the molecule is O=C(O)C1CN(c2cccc(-c3ccc(OCc4ccccc4)nc3OCc3ccccc3)c2)C1. The number of carbonyl (C=O) groups is 1. The quantitative estimate of drug-likeness (QED) is 0.355. The van der Waals surface area contributed by atoms with Gasteiger partial charge in [-0.25, -0.2) is 0 Å². The molecule has 0 saturated carbocycles. The van der Waals surface area contributed by atoms with Crippen LogP contribution in [-0.4, -0.2) is 29.1 Å². The zero-order valence-electron chi connectivity index (χ0n) is 19.2. The normalized spacial score (nSPS) is 13.2. The van der Waals surface area contributed by atoms with Gasteiger partial charge in [-0.2, -0.15) is 4.98 Å². The van der Waals surface area contributed by atoms with Crippen molar-refractivity contribution in [3.63, 3.8) is 0 Å². The molecule has 6 nitrogen and oxygen atoms in total. The number of hydrogen-bond donors (Lipinski definition) is 1. The van der Waals surface area contributed by atoms with E-state index in [-0.39, 0.29) is 5.92 Å². The molecular formula is C29H26N2O4. The molecule has 35 heavy (non-hydrogen) atoms. The third-order valence-corrected chi connectivity index (χ3v) is 6.04. The fraction of sp³-hybridized carbons (Fsp3) is 0.172. The van der Waals surface area contributed by atoms with Crippen LogP contribution in [0.1, 0.15) is 11.1 Å². The van der Waals surface area contributed by atoms with E-state index in [1.165, 1.54) is 0 Å². The summed E-state index contributed by atoms with van der Waals surface area (Å²) in [7, 11) is 0. The molecule has 0 bridgehead atoms. The van der Waals surface area contributed by atoms with Crippen LogP contribution in [0.25, 0.3) is 11.1 Å². The molecule has 1 N–H and O–H groups in total. The maximum atomic E-state index is 11.2. The van der Waals surface area contributed by atoms with Crippen molar-refractivity contribution in [1.82, 2.24) is 4.98 Å². The topological polar surface area (TPSA) is 71.9 Å². The third kappa shape index (κ3) is 5.44. The van der Waals surface area contributed by atoms with Crippen LogP contribution in [0.3, 0.4) is 0 Å². The molecule has 5 rings (SSSR count). The number of aliphatic carboxylic acids is 1. The zero-order chi connectivity index (χ0) is 24.0. The van der Waals surface area contributed by atoms with Gasteiger partial charge in [0.1, 0.15) is 13.2 Å². The Hall–Kier alpha value is -4.32. The fourth-order valence-electron chi connectivity index (χ4n) is 4.01. The molecule has 0 amide bonds. The van der Waals surface area contributed by atoms with E-state index >= 15 is 0 Å². The predicted octanol–water partition coefficient (Wildman–Crippen LogP) is 5.43. The summed E-state index contributed by atoms with van der Waals surface area (Å²) in [6, 6.07) is 31.8.